The minimum Gasteiger partial charge on any atom is -0.344 e. The van der Waals surface area contributed by atoms with E-state index in [-0.39, 0.29) is 24.2 Å². The van der Waals surface area contributed by atoms with Gasteiger partial charge >= 0.3 is 0 Å². The average Bonchev–Trinajstić information content (AvgIpc) is 2.84. The predicted molar refractivity (Wildman–Crippen MR) is 80.9 cm³/mol. The van der Waals surface area contributed by atoms with E-state index in [1.165, 1.54) is 0 Å². The van der Waals surface area contributed by atoms with Crippen molar-refractivity contribution in [1.82, 2.24) is 10.6 Å². The van der Waals surface area contributed by atoms with Crippen molar-refractivity contribution < 1.29 is 9.59 Å². The zero-order chi connectivity index (χ0) is 13.7. The SMILES string of the molecule is CCNCc1ccccc1NC(=O)[C@@H]1CCC(=O)N1.Cl. The van der Waals surface area contributed by atoms with Crippen molar-refractivity contribution >= 4 is 29.9 Å². The molecule has 0 unspecified atom stereocenters. The number of nitrogens with one attached hydrogen (secondary N) is 3. The Morgan fingerprint density at radius 2 is 2.15 bits per heavy atom. The highest BCUT2D eigenvalue weighted by Gasteiger charge is 2.27. The summed E-state index contributed by atoms with van der Waals surface area (Å²) in [6.45, 7) is 3.63. The van der Waals surface area contributed by atoms with Gasteiger partial charge in [0.15, 0.2) is 0 Å². The van der Waals surface area contributed by atoms with Crippen LogP contribution in [0.3, 0.4) is 0 Å². The van der Waals surface area contributed by atoms with Gasteiger partial charge in [-0.25, -0.2) is 0 Å². The Morgan fingerprint density at radius 3 is 2.80 bits per heavy atom. The molecule has 1 aromatic rings. The van der Waals surface area contributed by atoms with Gasteiger partial charge in [0.05, 0.1) is 0 Å². The molecule has 5 nitrogen and oxygen atoms in total. The van der Waals surface area contributed by atoms with Gasteiger partial charge in [0.25, 0.3) is 0 Å². The van der Waals surface area contributed by atoms with Crippen LogP contribution in [0.4, 0.5) is 5.69 Å². The summed E-state index contributed by atoms with van der Waals surface area (Å²) in [7, 11) is 0. The minimum absolute atomic E-state index is 0. The van der Waals surface area contributed by atoms with Crippen LogP contribution in [0.15, 0.2) is 24.3 Å². The number of halogens is 1. The maximum absolute atomic E-state index is 12.0. The normalized spacial score (nSPS) is 17.2. The molecule has 0 aliphatic carbocycles. The van der Waals surface area contributed by atoms with E-state index in [4.69, 9.17) is 0 Å². The first-order chi connectivity index (χ1) is 9.20. The molecule has 2 rings (SSSR count). The van der Waals surface area contributed by atoms with Crippen LogP contribution in [0.2, 0.25) is 0 Å². The van der Waals surface area contributed by atoms with E-state index in [1.807, 2.05) is 31.2 Å². The highest BCUT2D eigenvalue weighted by molar-refractivity contribution is 5.99. The molecule has 2 amide bonds. The van der Waals surface area contributed by atoms with E-state index in [2.05, 4.69) is 16.0 Å². The lowest BCUT2D eigenvalue weighted by molar-refractivity contribution is -0.122. The van der Waals surface area contributed by atoms with Gasteiger partial charge in [0.2, 0.25) is 11.8 Å². The number of hydrogen-bond donors (Lipinski definition) is 3. The third-order valence-corrected chi connectivity index (χ3v) is 3.15. The maximum atomic E-state index is 12.0. The molecule has 1 fully saturated rings. The first-order valence-electron chi connectivity index (χ1n) is 6.59. The Labute approximate surface area is 124 Å². The molecule has 0 spiro atoms. The molecular weight excluding hydrogens is 278 g/mol. The van der Waals surface area contributed by atoms with E-state index in [1.54, 1.807) is 0 Å². The third kappa shape index (κ3) is 4.21. The van der Waals surface area contributed by atoms with Gasteiger partial charge < -0.3 is 16.0 Å². The molecule has 1 saturated heterocycles. The monoisotopic (exact) mass is 297 g/mol. The number of amides is 2. The average molecular weight is 298 g/mol. The molecule has 0 saturated carbocycles. The summed E-state index contributed by atoms with van der Waals surface area (Å²) in [5.74, 6) is -0.198. The maximum Gasteiger partial charge on any atom is 0.246 e. The van der Waals surface area contributed by atoms with Crippen molar-refractivity contribution in [3.05, 3.63) is 29.8 Å². The number of rotatable bonds is 5. The van der Waals surface area contributed by atoms with Gasteiger partial charge in [-0.2, -0.15) is 0 Å². The molecule has 0 bridgehead atoms. The molecule has 0 aromatic heterocycles. The largest absolute Gasteiger partial charge is 0.344 e. The Morgan fingerprint density at radius 1 is 1.40 bits per heavy atom. The predicted octanol–water partition coefficient (Wildman–Crippen LogP) is 1.43. The summed E-state index contributed by atoms with van der Waals surface area (Å²) < 4.78 is 0. The summed E-state index contributed by atoms with van der Waals surface area (Å²) >= 11 is 0. The topological polar surface area (TPSA) is 70.2 Å². The highest BCUT2D eigenvalue weighted by Crippen LogP contribution is 2.16. The number of anilines is 1. The van der Waals surface area contributed by atoms with Crippen LogP contribution < -0.4 is 16.0 Å². The van der Waals surface area contributed by atoms with Crippen molar-refractivity contribution in [2.45, 2.75) is 32.4 Å². The minimum atomic E-state index is -0.403. The molecule has 20 heavy (non-hydrogen) atoms. The van der Waals surface area contributed by atoms with Gasteiger partial charge in [0.1, 0.15) is 6.04 Å². The molecule has 1 atom stereocenters. The lowest BCUT2D eigenvalue weighted by Crippen LogP contribution is -2.37. The second-order valence-corrected chi connectivity index (χ2v) is 4.59. The first kappa shape index (κ1) is 16.5. The van der Waals surface area contributed by atoms with Gasteiger partial charge in [-0.3, -0.25) is 9.59 Å². The van der Waals surface area contributed by atoms with E-state index in [9.17, 15) is 9.59 Å². The molecule has 6 heteroatoms. The number of hydrogen-bond acceptors (Lipinski definition) is 3. The third-order valence-electron chi connectivity index (χ3n) is 3.15. The molecule has 110 valence electrons. The van der Waals surface area contributed by atoms with Crippen molar-refractivity contribution in [2.24, 2.45) is 0 Å². The fourth-order valence-electron chi connectivity index (χ4n) is 2.09. The summed E-state index contributed by atoms with van der Waals surface area (Å²) in [5, 5.41) is 8.79. The lowest BCUT2D eigenvalue weighted by Gasteiger charge is -2.14. The number of carbonyl (C=O) groups excluding carboxylic acids is 2. The Kier molecular flexibility index (Phi) is 6.48. The van der Waals surface area contributed by atoms with Crippen LogP contribution in [0.5, 0.6) is 0 Å². The van der Waals surface area contributed by atoms with Gasteiger partial charge in [0, 0.05) is 18.7 Å². The Bertz CT molecular complexity index is 479. The van der Waals surface area contributed by atoms with Gasteiger partial charge in [-0.1, -0.05) is 25.1 Å². The number of carbonyl (C=O) groups is 2. The molecule has 3 N–H and O–H groups in total. The van der Waals surface area contributed by atoms with Crippen LogP contribution in [0.25, 0.3) is 0 Å². The fourth-order valence-corrected chi connectivity index (χ4v) is 2.09. The second kappa shape index (κ2) is 7.87. The Hall–Kier alpha value is -1.59. The fraction of sp³-hybridized carbons (Fsp3) is 0.429. The molecule has 1 aliphatic rings. The van der Waals surface area contributed by atoms with Crippen LogP contribution >= 0.6 is 12.4 Å². The number of benzene rings is 1. The quantitative estimate of drug-likeness (QED) is 0.770. The van der Waals surface area contributed by atoms with Crippen LogP contribution in [0.1, 0.15) is 25.3 Å². The highest BCUT2D eigenvalue weighted by atomic mass is 35.5. The van der Waals surface area contributed by atoms with Crippen molar-refractivity contribution in [2.75, 3.05) is 11.9 Å². The van der Waals surface area contributed by atoms with E-state index in [0.29, 0.717) is 19.4 Å². The van der Waals surface area contributed by atoms with Crippen LogP contribution in [0, 0.1) is 0 Å². The van der Waals surface area contributed by atoms with Crippen LogP contribution in [-0.4, -0.2) is 24.4 Å². The first-order valence-corrected chi connectivity index (χ1v) is 6.59. The van der Waals surface area contributed by atoms with Crippen molar-refractivity contribution in [3.8, 4) is 0 Å². The van der Waals surface area contributed by atoms with Crippen molar-refractivity contribution in [1.29, 1.82) is 0 Å². The second-order valence-electron chi connectivity index (χ2n) is 4.59. The van der Waals surface area contributed by atoms with E-state index < -0.39 is 6.04 Å². The zero-order valence-corrected chi connectivity index (χ0v) is 12.3. The molecule has 0 radical (unpaired) electrons. The lowest BCUT2D eigenvalue weighted by atomic mass is 10.1. The summed E-state index contributed by atoms with van der Waals surface area (Å²) in [6, 6.07) is 7.28. The van der Waals surface area contributed by atoms with E-state index >= 15 is 0 Å². The molecule has 1 aromatic carbocycles. The summed E-state index contributed by atoms with van der Waals surface area (Å²) in [5.41, 5.74) is 1.84. The molecule has 1 heterocycles. The summed E-state index contributed by atoms with van der Waals surface area (Å²) in [6.07, 6.45) is 0.997. The number of para-hydroxylation sites is 1. The summed E-state index contributed by atoms with van der Waals surface area (Å²) in [4.78, 5) is 23.2. The van der Waals surface area contributed by atoms with E-state index in [0.717, 1.165) is 17.8 Å². The van der Waals surface area contributed by atoms with Gasteiger partial charge in [-0.15, -0.1) is 12.4 Å². The Balaban J connectivity index is 0.00000200. The smallest absolute Gasteiger partial charge is 0.246 e. The molecule has 1 aliphatic heterocycles. The molecular formula is C14H20ClN3O2. The van der Waals surface area contributed by atoms with Crippen molar-refractivity contribution in [3.63, 3.8) is 0 Å². The van der Waals surface area contributed by atoms with Gasteiger partial charge in [-0.05, 0) is 24.6 Å². The standard InChI is InChI=1S/C14H19N3O2.ClH/c1-2-15-9-10-5-3-4-6-11(10)17-14(19)12-7-8-13(18)16-12;/h3-6,12,15H,2,7-9H2,1H3,(H,16,18)(H,17,19);1H/t12-;/m0./s1. The zero-order valence-electron chi connectivity index (χ0n) is 11.4. The van der Waals surface area contributed by atoms with Crippen LogP contribution in [-0.2, 0) is 16.1 Å².